The van der Waals surface area contributed by atoms with E-state index in [-0.39, 0.29) is 11.6 Å². The predicted octanol–water partition coefficient (Wildman–Crippen LogP) is 3.44. The van der Waals surface area contributed by atoms with Gasteiger partial charge in [-0.3, -0.25) is 4.79 Å². The van der Waals surface area contributed by atoms with Gasteiger partial charge < -0.3 is 10.1 Å². The van der Waals surface area contributed by atoms with E-state index in [1.807, 2.05) is 6.92 Å². The average molecular weight is 304 g/mol. The number of aliphatic hydroxyl groups is 1. The Labute approximate surface area is 124 Å². The number of rotatable bonds is 4. The Morgan fingerprint density at radius 3 is 3.10 bits per heavy atom. The molecule has 2 N–H and O–H groups in total. The third-order valence-corrected chi connectivity index (χ3v) is 4.26. The van der Waals surface area contributed by atoms with Crippen LogP contribution >= 0.6 is 11.3 Å². The Kier molecular flexibility index (Phi) is 3.57. The maximum Gasteiger partial charge on any atom is 0.214 e. The molecule has 2 aromatic heterocycles. The van der Waals surface area contributed by atoms with Gasteiger partial charge in [0.25, 0.3) is 0 Å². The first-order chi connectivity index (χ1) is 10.1. The van der Waals surface area contributed by atoms with Gasteiger partial charge in [-0.2, -0.15) is 0 Å². The van der Waals surface area contributed by atoms with Crippen molar-refractivity contribution < 1.29 is 14.3 Å². The van der Waals surface area contributed by atoms with Crippen molar-refractivity contribution >= 4 is 28.0 Å². The molecule has 0 bridgehead atoms. The van der Waals surface area contributed by atoms with Crippen LogP contribution in [0.1, 0.15) is 40.5 Å². The van der Waals surface area contributed by atoms with Crippen molar-refractivity contribution in [2.24, 2.45) is 0 Å². The molecule has 4 nitrogen and oxygen atoms in total. The van der Waals surface area contributed by atoms with Crippen molar-refractivity contribution in [2.45, 2.75) is 19.4 Å². The summed E-state index contributed by atoms with van der Waals surface area (Å²) in [6.45, 7) is 1.85. The molecular formula is C15H13FN2O2S. The third kappa shape index (κ3) is 2.48. The summed E-state index contributed by atoms with van der Waals surface area (Å²) in [4.78, 5) is 19.6. The monoisotopic (exact) mass is 304 g/mol. The molecule has 2 heterocycles. The first-order valence-electron chi connectivity index (χ1n) is 6.55. The molecule has 0 amide bonds. The second kappa shape index (κ2) is 5.38. The number of halogens is 1. The maximum atomic E-state index is 13.2. The standard InChI is InChI=1S/C15H13FN2O2S/c1-2-13(19)15-18-12(7-21-15)14(20)10-6-17-11-5-8(16)3-4-9(10)11/h3-7,13,17,19H,2H2,1H3/t13-/m0/s1. The highest BCUT2D eigenvalue weighted by atomic mass is 32.1. The highest BCUT2D eigenvalue weighted by Crippen LogP contribution is 2.25. The van der Waals surface area contributed by atoms with Crippen LogP contribution in [0.2, 0.25) is 0 Å². The zero-order chi connectivity index (χ0) is 15.0. The summed E-state index contributed by atoms with van der Waals surface area (Å²) in [6.07, 6.45) is 1.46. The zero-order valence-electron chi connectivity index (χ0n) is 11.3. The maximum absolute atomic E-state index is 13.2. The molecule has 0 radical (unpaired) electrons. The second-order valence-electron chi connectivity index (χ2n) is 4.72. The van der Waals surface area contributed by atoms with Gasteiger partial charge in [0.15, 0.2) is 0 Å². The van der Waals surface area contributed by atoms with E-state index in [0.717, 1.165) is 0 Å². The molecule has 21 heavy (non-hydrogen) atoms. The summed E-state index contributed by atoms with van der Waals surface area (Å²) < 4.78 is 13.2. The first kappa shape index (κ1) is 13.9. The van der Waals surface area contributed by atoms with Gasteiger partial charge in [0.2, 0.25) is 5.78 Å². The lowest BCUT2D eigenvalue weighted by atomic mass is 10.1. The van der Waals surface area contributed by atoms with E-state index in [0.29, 0.717) is 33.6 Å². The lowest BCUT2D eigenvalue weighted by Gasteiger charge is -2.01. The molecule has 0 aliphatic heterocycles. The minimum absolute atomic E-state index is 0.237. The van der Waals surface area contributed by atoms with E-state index >= 15 is 0 Å². The van der Waals surface area contributed by atoms with Gasteiger partial charge in [-0.1, -0.05) is 6.92 Å². The van der Waals surface area contributed by atoms with Crippen LogP contribution in [-0.2, 0) is 0 Å². The number of H-pyrrole nitrogens is 1. The van der Waals surface area contributed by atoms with Gasteiger partial charge in [-0.05, 0) is 24.6 Å². The molecule has 0 aliphatic carbocycles. The Balaban J connectivity index is 1.98. The quantitative estimate of drug-likeness (QED) is 0.726. The molecule has 1 atom stereocenters. The summed E-state index contributed by atoms with van der Waals surface area (Å²) in [6, 6.07) is 4.24. The van der Waals surface area contributed by atoms with Crippen LogP contribution in [0.5, 0.6) is 0 Å². The number of hydrogen-bond acceptors (Lipinski definition) is 4. The summed E-state index contributed by atoms with van der Waals surface area (Å²) >= 11 is 1.26. The zero-order valence-corrected chi connectivity index (χ0v) is 12.1. The van der Waals surface area contributed by atoms with Crippen molar-refractivity contribution in [2.75, 3.05) is 0 Å². The molecule has 0 unspecified atom stereocenters. The number of aromatic amines is 1. The van der Waals surface area contributed by atoms with Crippen LogP contribution in [-0.4, -0.2) is 20.9 Å². The minimum atomic E-state index is -0.645. The number of thiazole rings is 1. The fourth-order valence-electron chi connectivity index (χ4n) is 2.14. The summed E-state index contributed by atoms with van der Waals surface area (Å²) in [5.74, 6) is -0.593. The SMILES string of the molecule is CC[C@H](O)c1nc(C(=O)c2c[nH]c3cc(F)ccc23)cs1. The van der Waals surface area contributed by atoms with Crippen LogP contribution in [0, 0.1) is 5.82 Å². The molecule has 108 valence electrons. The summed E-state index contributed by atoms with van der Waals surface area (Å²) in [5, 5.41) is 12.6. The lowest BCUT2D eigenvalue weighted by molar-refractivity contribution is 0.103. The Hall–Kier alpha value is -2.05. The molecule has 0 saturated heterocycles. The number of benzene rings is 1. The van der Waals surface area contributed by atoms with Crippen LogP contribution in [0.3, 0.4) is 0 Å². The third-order valence-electron chi connectivity index (χ3n) is 3.31. The largest absolute Gasteiger partial charge is 0.386 e. The summed E-state index contributed by atoms with van der Waals surface area (Å²) in [5.41, 5.74) is 1.32. The van der Waals surface area contributed by atoms with E-state index < -0.39 is 6.10 Å². The number of ketones is 1. The Morgan fingerprint density at radius 1 is 1.52 bits per heavy atom. The number of aromatic nitrogens is 2. The van der Waals surface area contributed by atoms with Crippen molar-refractivity contribution in [3.05, 3.63) is 51.9 Å². The number of nitrogens with one attached hydrogen (secondary N) is 1. The van der Waals surface area contributed by atoms with Gasteiger partial charge in [0.1, 0.15) is 22.6 Å². The smallest absolute Gasteiger partial charge is 0.214 e. The molecule has 1 aromatic carbocycles. The number of nitrogens with zero attached hydrogens (tertiary/aromatic N) is 1. The van der Waals surface area contributed by atoms with Gasteiger partial charge in [-0.25, -0.2) is 9.37 Å². The molecule has 3 rings (SSSR count). The van der Waals surface area contributed by atoms with Crippen LogP contribution in [0.25, 0.3) is 10.9 Å². The van der Waals surface area contributed by atoms with Crippen LogP contribution in [0.15, 0.2) is 29.8 Å². The number of carbonyl (C=O) groups excluding carboxylic acids is 1. The first-order valence-corrected chi connectivity index (χ1v) is 7.43. The van der Waals surface area contributed by atoms with Gasteiger partial charge in [0.05, 0.1) is 0 Å². The molecule has 0 fully saturated rings. The van der Waals surface area contributed by atoms with Crippen molar-refractivity contribution in [3.8, 4) is 0 Å². The lowest BCUT2D eigenvalue weighted by Crippen LogP contribution is -2.02. The fourth-order valence-corrected chi connectivity index (χ4v) is 3.01. The molecule has 0 aliphatic rings. The van der Waals surface area contributed by atoms with Crippen LogP contribution < -0.4 is 0 Å². The van der Waals surface area contributed by atoms with E-state index in [1.54, 1.807) is 17.6 Å². The molecular weight excluding hydrogens is 291 g/mol. The number of carbonyl (C=O) groups is 1. The average Bonchev–Trinajstić information content (AvgIpc) is 3.12. The van der Waals surface area contributed by atoms with E-state index in [2.05, 4.69) is 9.97 Å². The Bertz CT molecular complexity index is 809. The summed E-state index contributed by atoms with van der Waals surface area (Å²) in [7, 11) is 0. The van der Waals surface area contributed by atoms with Gasteiger partial charge in [-0.15, -0.1) is 11.3 Å². The Morgan fingerprint density at radius 2 is 2.33 bits per heavy atom. The molecule has 3 aromatic rings. The minimum Gasteiger partial charge on any atom is -0.386 e. The van der Waals surface area contributed by atoms with Gasteiger partial charge >= 0.3 is 0 Å². The van der Waals surface area contributed by atoms with Crippen molar-refractivity contribution in [1.82, 2.24) is 9.97 Å². The normalized spacial score (nSPS) is 12.7. The highest BCUT2D eigenvalue weighted by molar-refractivity contribution is 7.09. The van der Waals surface area contributed by atoms with E-state index in [4.69, 9.17) is 0 Å². The van der Waals surface area contributed by atoms with Gasteiger partial charge in [0, 0.05) is 28.0 Å². The van der Waals surface area contributed by atoms with E-state index in [9.17, 15) is 14.3 Å². The topological polar surface area (TPSA) is 66.0 Å². The second-order valence-corrected chi connectivity index (χ2v) is 5.61. The van der Waals surface area contributed by atoms with Crippen LogP contribution in [0.4, 0.5) is 4.39 Å². The molecule has 6 heteroatoms. The van der Waals surface area contributed by atoms with Crippen molar-refractivity contribution in [1.29, 1.82) is 0 Å². The number of fused-ring (bicyclic) bond motifs is 1. The molecule has 0 saturated carbocycles. The predicted molar refractivity (Wildman–Crippen MR) is 79.1 cm³/mol. The number of aliphatic hydroxyl groups excluding tert-OH is 1. The van der Waals surface area contributed by atoms with Crippen molar-refractivity contribution in [3.63, 3.8) is 0 Å². The number of hydrogen-bond donors (Lipinski definition) is 2. The molecule has 0 spiro atoms. The van der Waals surface area contributed by atoms with E-state index in [1.165, 1.54) is 23.5 Å². The fraction of sp³-hybridized carbons (Fsp3) is 0.200. The highest BCUT2D eigenvalue weighted by Gasteiger charge is 2.19.